The second kappa shape index (κ2) is 12.2. The van der Waals surface area contributed by atoms with Crippen LogP contribution in [0.2, 0.25) is 0 Å². The van der Waals surface area contributed by atoms with Gasteiger partial charge in [-0.25, -0.2) is 8.42 Å². The number of fused-ring (bicyclic) bond motifs is 2. The first kappa shape index (κ1) is 31.5. The number of carbonyl (C=O) groups is 3. The van der Waals surface area contributed by atoms with Gasteiger partial charge in [0.2, 0.25) is 0 Å². The summed E-state index contributed by atoms with van der Waals surface area (Å²) < 4.78 is 36.2. The SMILES string of the molecule is Nc1c(C(=O)[O-])cc(Nc2ccc(Nc3ccccc3)c(S(=O)(=O)[O-])c2)c2c1C(=O)c1ccccc1C2=O.[Na+].[Na+]. The minimum atomic E-state index is -4.97. The zero-order chi connectivity index (χ0) is 27.2. The van der Waals surface area contributed by atoms with Crippen LogP contribution in [-0.4, -0.2) is 30.5 Å². The normalized spacial score (nSPS) is 11.8. The van der Waals surface area contributed by atoms with Crippen LogP contribution < -0.4 is 80.6 Å². The largest absolute Gasteiger partial charge is 1.00 e. The third kappa shape index (κ3) is 5.87. The number of carboxylic acids is 1. The fourth-order valence-electron chi connectivity index (χ4n) is 4.33. The predicted molar refractivity (Wildman–Crippen MR) is 136 cm³/mol. The van der Waals surface area contributed by atoms with Gasteiger partial charge in [-0.3, -0.25) is 9.59 Å². The second-order valence-electron chi connectivity index (χ2n) is 8.41. The number of carbonyl (C=O) groups excluding carboxylic acids is 3. The summed E-state index contributed by atoms with van der Waals surface area (Å²) in [4.78, 5) is 37.9. The first-order valence-electron chi connectivity index (χ1n) is 11.1. The minimum absolute atomic E-state index is 0. The summed E-state index contributed by atoms with van der Waals surface area (Å²) in [7, 11) is -4.97. The Labute approximate surface area is 273 Å². The zero-order valence-electron chi connectivity index (χ0n) is 21.3. The summed E-state index contributed by atoms with van der Waals surface area (Å²) in [6, 6.07) is 19.4. The van der Waals surface area contributed by atoms with Crippen molar-refractivity contribution in [3.63, 3.8) is 0 Å². The van der Waals surface area contributed by atoms with Crippen LogP contribution in [0.3, 0.4) is 0 Å². The summed E-state index contributed by atoms with van der Waals surface area (Å²) in [5.74, 6) is -2.92. The van der Waals surface area contributed by atoms with Gasteiger partial charge in [-0.2, -0.15) is 0 Å². The van der Waals surface area contributed by atoms with Crippen molar-refractivity contribution in [1.82, 2.24) is 0 Å². The smallest absolute Gasteiger partial charge is 0.744 e. The van der Waals surface area contributed by atoms with E-state index in [2.05, 4.69) is 10.6 Å². The van der Waals surface area contributed by atoms with E-state index in [0.717, 1.165) is 12.1 Å². The Balaban J connectivity index is 0.00000220. The Hall–Kier alpha value is -3.00. The fourth-order valence-corrected chi connectivity index (χ4v) is 4.99. The second-order valence-corrected chi connectivity index (χ2v) is 9.76. The molecule has 1 aliphatic carbocycles. The van der Waals surface area contributed by atoms with Gasteiger partial charge in [0, 0.05) is 28.1 Å². The van der Waals surface area contributed by atoms with E-state index in [4.69, 9.17) is 5.73 Å². The molecule has 0 unspecified atom stereocenters. The van der Waals surface area contributed by atoms with E-state index in [0.29, 0.717) is 5.69 Å². The maximum atomic E-state index is 13.4. The Morgan fingerprint density at radius 1 is 0.725 bits per heavy atom. The maximum absolute atomic E-state index is 13.4. The van der Waals surface area contributed by atoms with Gasteiger partial charge >= 0.3 is 59.1 Å². The molecule has 0 aromatic heterocycles. The Kier molecular flexibility index (Phi) is 9.66. The molecule has 4 N–H and O–H groups in total. The van der Waals surface area contributed by atoms with Crippen LogP contribution >= 0.6 is 0 Å². The molecule has 0 atom stereocenters. The summed E-state index contributed by atoms with van der Waals surface area (Å²) in [6.07, 6.45) is 0. The molecule has 0 bridgehead atoms. The monoisotopic (exact) mass is 573 g/mol. The van der Waals surface area contributed by atoms with Crippen LogP contribution in [0.1, 0.15) is 42.2 Å². The number of anilines is 5. The number of para-hydroxylation sites is 1. The fraction of sp³-hybridized carbons (Fsp3) is 0. The number of hydrogen-bond acceptors (Lipinski definition) is 10. The summed E-state index contributed by atoms with van der Waals surface area (Å²) >= 11 is 0. The molecule has 0 heterocycles. The van der Waals surface area contributed by atoms with E-state index in [1.807, 2.05) is 0 Å². The molecule has 4 aromatic rings. The molecule has 13 heteroatoms. The van der Waals surface area contributed by atoms with Crippen molar-refractivity contribution in [2.75, 3.05) is 16.4 Å². The van der Waals surface area contributed by atoms with Crippen LogP contribution in [0.5, 0.6) is 0 Å². The van der Waals surface area contributed by atoms with Crippen molar-refractivity contribution in [3.05, 3.63) is 107 Å². The van der Waals surface area contributed by atoms with Crippen LogP contribution in [-0.2, 0) is 10.1 Å². The maximum Gasteiger partial charge on any atom is 1.00 e. The van der Waals surface area contributed by atoms with Gasteiger partial charge in [0.25, 0.3) is 0 Å². The van der Waals surface area contributed by atoms with E-state index >= 15 is 0 Å². The van der Waals surface area contributed by atoms with Crippen LogP contribution in [0.25, 0.3) is 0 Å². The van der Waals surface area contributed by atoms with E-state index < -0.39 is 43.8 Å². The molecule has 0 fully saturated rings. The van der Waals surface area contributed by atoms with Crippen molar-refractivity contribution >= 4 is 56.1 Å². The number of nitrogen functional groups attached to an aromatic ring is 1. The van der Waals surface area contributed by atoms with Crippen molar-refractivity contribution in [3.8, 4) is 0 Å². The number of aromatic carboxylic acids is 1. The zero-order valence-corrected chi connectivity index (χ0v) is 26.2. The molecule has 1 aliphatic rings. The van der Waals surface area contributed by atoms with Crippen molar-refractivity contribution in [1.29, 1.82) is 0 Å². The van der Waals surface area contributed by atoms with Gasteiger partial charge in [0.05, 0.1) is 39.1 Å². The molecule has 10 nitrogen and oxygen atoms in total. The molecular formula is C27H17N3Na2O7S. The number of benzene rings is 4. The average Bonchev–Trinajstić information content (AvgIpc) is 2.88. The first-order valence-corrected chi connectivity index (χ1v) is 12.5. The van der Waals surface area contributed by atoms with Crippen LogP contribution in [0, 0.1) is 0 Å². The number of rotatable bonds is 6. The molecule has 5 rings (SSSR count). The number of nitrogens with one attached hydrogen (secondary N) is 2. The van der Waals surface area contributed by atoms with Crippen LogP contribution in [0.4, 0.5) is 28.4 Å². The quantitative estimate of drug-likeness (QED) is 0.106. The predicted octanol–water partition coefficient (Wildman–Crippen LogP) is -3.19. The molecular weight excluding hydrogens is 556 g/mol. The van der Waals surface area contributed by atoms with Gasteiger partial charge in [0.15, 0.2) is 11.6 Å². The molecule has 0 spiro atoms. The number of ketones is 2. The van der Waals surface area contributed by atoms with Crippen molar-refractivity contribution in [2.24, 2.45) is 0 Å². The molecule has 0 aliphatic heterocycles. The van der Waals surface area contributed by atoms with Crippen molar-refractivity contribution in [2.45, 2.75) is 4.90 Å². The Morgan fingerprint density at radius 3 is 1.85 bits per heavy atom. The third-order valence-corrected chi connectivity index (χ3v) is 6.92. The topological polar surface area (TPSA) is 182 Å². The van der Waals surface area contributed by atoms with Gasteiger partial charge in [-0.15, -0.1) is 0 Å². The standard InChI is InChI=1S/C27H19N3O7S.2Na/c28-24-18(27(33)34)13-20(22-23(24)26(32)17-9-5-4-8-16(17)25(22)31)30-15-10-11-19(21(12-15)38(35,36)37)29-14-6-2-1-3-7-14;;/h1-13,29-30H,28H2,(H,33,34)(H,35,36,37);;/q;2*+1/p-2. The van der Waals surface area contributed by atoms with Gasteiger partial charge in [-0.1, -0.05) is 42.5 Å². The number of hydrogen-bond donors (Lipinski definition) is 3. The molecule has 4 aromatic carbocycles. The Morgan fingerprint density at radius 2 is 1.27 bits per heavy atom. The summed E-state index contributed by atoms with van der Waals surface area (Å²) in [5, 5.41) is 17.5. The first-order chi connectivity index (χ1) is 18.1. The molecule has 190 valence electrons. The van der Waals surface area contributed by atoms with Crippen LogP contribution in [0.15, 0.2) is 83.8 Å². The number of carboxylic acid groups (broad SMARTS) is 1. The third-order valence-electron chi connectivity index (χ3n) is 6.04. The van der Waals surface area contributed by atoms with Crippen molar-refractivity contribution < 1.29 is 91.6 Å². The van der Waals surface area contributed by atoms with E-state index in [-0.39, 0.29) is 98.4 Å². The Bertz CT molecular complexity index is 1780. The molecule has 0 amide bonds. The van der Waals surface area contributed by atoms with Gasteiger partial charge < -0.3 is 30.8 Å². The molecule has 0 radical (unpaired) electrons. The summed E-state index contributed by atoms with van der Waals surface area (Å²) in [6.45, 7) is 0. The minimum Gasteiger partial charge on any atom is -0.744 e. The van der Waals surface area contributed by atoms with E-state index in [1.165, 1.54) is 24.3 Å². The number of nitrogens with two attached hydrogens (primary N) is 1. The van der Waals surface area contributed by atoms with E-state index in [1.54, 1.807) is 42.5 Å². The van der Waals surface area contributed by atoms with Gasteiger partial charge in [0.1, 0.15) is 10.1 Å². The molecule has 40 heavy (non-hydrogen) atoms. The molecule has 0 saturated heterocycles. The average molecular weight is 573 g/mol. The summed E-state index contributed by atoms with van der Waals surface area (Å²) in [5.41, 5.74) is 5.15. The van der Waals surface area contributed by atoms with E-state index in [9.17, 15) is 32.5 Å². The van der Waals surface area contributed by atoms with Gasteiger partial charge in [-0.05, 0) is 36.4 Å². The molecule has 0 saturated carbocycles.